The Kier molecular flexibility index (Phi) is 5.68. The van der Waals surface area contributed by atoms with Crippen LogP contribution in [0.1, 0.15) is 0 Å². The SMILES string of the molecule is O=C(CSc1ccc(F)c(Cl)c1)Nc1ccccc1I. The molecule has 0 fully saturated rings. The lowest BCUT2D eigenvalue weighted by molar-refractivity contribution is -0.113. The zero-order valence-electron chi connectivity index (χ0n) is 10.2. The summed E-state index contributed by atoms with van der Waals surface area (Å²) in [5.74, 6) is -0.327. The Hall–Kier alpha value is -0.790. The summed E-state index contributed by atoms with van der Waals surface area (Å²) in [7, 11) is 0. The number of carbonyl (C=O) groups is 1. The highest BCUT2D eigenvalue weighted by atomic mass is 127. The molecule has 0 aliphatic carbocycles. The van der Waals surface area contributed by atoms with E-state index in [9.17, 15) is 9.18 Å². The average Bonchev–Trinajstić information content (AvgIpc) is 2.43. The number of hydrogen-bond donors (Lipinski definition) is 1. The van der Waals surface area contributed by atoms with Crippen molar-refractivity contribution in [1.82, 2.24) is 0 Å². The number of hydrogen-bond acceptors (Lipinski definition) is 2. The van der Waals surface area contributed by atoms with E-state index < -0.39 is 5.82 Å². The molecule has 2 aromatic carbocycles. The monoisotopic (exact) mass is 421 g/mol. The van der Waals surface area contributed by atoms with E-state index in [-0.39, 0.29) is 16.7 Å². The smallest absolute Gasteiger partial charge is 0.234 e. The predicted molar refractivity (Wildman–Crippen MR) is 89.9 cm³/mol. The van der Waals surface area contributed by atoms with Crippen LogP contribution < -0.4 is 5.32 Å². The molecule has 0 atom stereocenters. The highest BCUT2D eigenvalue weighted by molar-refractivity contribution is 14.1. The lowest BCUT2D eigenvalue weighted by Crippen LogP contribution is -2.14. The van der Waals surface area contributed by atoms with Crippen molar-refractivity contribution in [3.05, 3.63) is 56.9 Å². The predicted octanol–water partition coefficient (Wildman–Crippen LogP) is 4.81. The number of halogens is 3. The van der Waals surface area contributed by atoms with Crippen molar-refractivity contribution in [3.63, 3.8) is 0 Å². The van der Waals surface area contributed by atoms with Crippen LogP contribution in [0.2, 0.25) is 5.02 Å². The molecule has 2 rings (SSSR count). The van der Waals surface area contributed by atoms with E-state index in [0.717, 1.165) is 14.2 Å². The molecular weight excluding hydrogens is 412 g/mol. The average molecular weight is 422 g/mol. The first-order chi connectivity index (χ1) is 9.56. The first kappa shape index (κ1) is 15.6. The van der Waals surface area contributed by atoms with Gasteiger partial charge < -0.3 is 5.32 Å². The normalized spacial score (nSPS) is 10.3. The van der Waals surface area contributed by atoms with Crippen molar-refractivity contribution in [1.29, 1.82) is 0 Å². The van der Waals surface area contributed by atoms with Gasteiger partial charge in [0.15, 0.2) is 0 Å². The molecular formula is C14H10ClFINOS. The van der Waals surface area contributed by atoms with Gasteiger partial charge in [-0.05, 0) is 52.9 Å². The van der Waals surface area contributed by atoms with Crippen LogP contribution >= 0.6 is 46.0 Å². The van der Waals surface area contributed by atoms with Crippen LogP contribution in [-0.2, 0) is 4.79 Å². The maximum absolute atomic E-state index is 13.0. The van der Waals surface area contributed by atoms with Gasteiger partial charge >= 0.3 is 0 Å². The minimum Gasteiger partial charge on any atom is -0.324 e. The molecule has 0 aromatic heterocycles. The Labute approximate surface area is 139 Å². The van der Waals surface area contributed by atoms with E-state index >= 15 is 0 Å². The number of para-hydroxylation sites is 1. The second-order valence-electron chi connectivity index (χ2n) is 3.89. The van der Waals surface area contributed by atoms with Crippen LogP contribution in [0.3, 0.4) is 0 Å². The molecule has 0 saturated heterocycles. The van der Waals surface area contributed by atoms with Crippen molar-refractivity contribution in [2.75, 3.05) is 11.1 Å². The maximum Gasteiger partial charge on any atom is 0.234 e. The quantitative estimate of drug-likeness (QED) is 0.567. The molecule has 1 amide bonds. The minimum atomic E-state index is -0.459. The second kappa shape index (κ2) is 7.28. The third-order valence-electron chi connectivity index (χ3n) is 2.41. The molecule has 0 spiro atoms. The molecule has 0 saturated carbocycles. The molecule has 0 unspecified atom stereocenters. The number of nitrogens with one attached hydrogen (secondary N) is 1. The van der Waals surface area contributed by atoms with E-state index in [2.05, 4.69) is 27.9 Å². The zero-order valence-corrected chi connectivity index (χ0v) is 13.9. The summed E-state index contributed by atoms with van der Waals surface area (Å²) in [5, 5.41) is 2.90. The number of anilines is 1. The fourth-order valence-corrected chi connectivity index (χ4v) is 2.97. The lowest BCUT2D eigenvalue weighted by atomic mass is 10.3. The van der Waals surface area contributed by atoms with Gasteiger partial charge in [-0.15, -0.1) is 11.8 Å². The Bertz CT molecular complexity index is 638. The van der Waals surface area contributed by atoms with Gasteiger partial charge in [0.25, 0.3) is 0 Å². The zero-order chi connectivity index (χ0) is 14.5. The van der Waals surface area contributed by atoms with E-state index in [0.29, 0.717) is 0 Å². The third-order valence-corrected chi connectivity index (χ3v) is 4.63. The summed E-state index contributed by atoms with van der Waals surface area (Å²) in [6, 6.07) is 12.0. The van der Waals surface area contributed by atoms with Crippen LogP contribution in [0, 0.1) is 9.39 Å². The van der Waals surface area contributed by atoms with Gasteiger partial charge in [-0.25, -0.2) is 4.39 Å². The largest absolute Gasteiger partial charge is 0.324 e. The molecule has 1 N–H and O–H groups in total. The topological polar surface area (TPSA) is 29.1 Å². The van der Waals surface area contributed by atoms with Gasteiger partial charge in [0.05, 0.1) is 16.5 Å². The lowest BCUT2D eigenvalue weighted by Gasteiger charge is -2.07. The highest BCUT2D eigenvalue weighted by Crippen LogP contribution is 2.24. The van der Waals surface area contributed by atoms with Crippen LogP contribution in [0.15, 0.2) is 47.4 Å². The highest BCUT2D eigenvalue weighted by Gasteiger charge is 2.07. The van der Waals surface area contributed by atoms with E-state index in [4.69, 9.17) is 11.6 Å². The van der Waals surface area contributed by atoms with E-state index in [1.807, 2.05) is 24.3 Å². The van der Waals surface area contributed by atoms with E-state index in [1.54, 1.807) is 6.07 Å². The van der Waals surface area contributed by atoms with Gasteiger partial charge in [0.1, 0.15) is 5.82 Å². The van der Waals surface area contributed by atoms with Crippen LogP contribution in [0.5, 0.6) is 0 Å². The molecule has 0 heterocycles. The fraction of sp³-hybridized carbons (Fsp3) is 0.0714. The first-order valence-corrected chi connectivity index (χ1v) is 8.13. The molecule has 0 bridgehead atoms. The summed E-state index contributed by atoms with van der Waals surface area (Å²) >= 11 is 9.16. The van der Waals surface area contributed by atoms with Crippen molar-refractivity contribution < 1.29 is 9.18 Å². The summed E-state index contributed by atoms with van der Waals surface area (Å²) in [6.45, 7) is 0. The van der Waals surface area contributed by atoms with Crippen LogP contribution in [-0.4, -0.2) is 11.7 Å². The first-order valence-electron chi connectivity index (χ1n) is 5.68. The van der Waals surface area contributed by atoms with Gasteiger partial charge in [0, 0.05) is 8.47 Å². The summed E-state index contributed by atoms with van der Waals surface area (Å²) in [6.07, 6.45) is 0. The van der Waals surface area contributed by atoms with Crippen LogP contribution in [0.25, 0.3) is 0 Å². The molecule has 0 aliphatic rings. The molecule has 0 aliphatic heterocycles. The molecule has 2 nitrogen and oxygen atoms in total. The number of rotatable bonds is 4. The minimum absolute atomic E-state index is 0.0630. The third kappa shape index (κ3) is 4.36. The molecule has 2 aromatic rings. The van der Waals surface area contributed by atoms with E-state index in [1.165, 1.54) is 23.9 Å². The van der Waals surface area contributed by atoms with Gasteiger partial charge in [0.2, 0.25) is 5.91 Å². The standard InChI is InChI=1S/C14H10ClFINOS/c15-10-7-9(5-6-11(10)16)20-8-14(19)18-13-4-2-1-3-12(13)17/h1-7H,8H2,(H,18,19). The second-order valence-corrected chi connectivity index (χ2v) is 6.51. The summed E-state index contributed by atoms with van der Waals surface area (Å²) in [5.41, 5.74) is 0.788. The number of carbonyl (C=O) groups excluding carboxylic acids is 1. The molecule has 0 radical (unpaired) electrons. The fourth-order valence-electron chi connectivity index (χ4n) is 1.46. The molecule has 20 heavy (non-hydrogen) atoms. The van der Waals surface area contributed by atoms with Crippen molar-refractivity contribution in [2.45, 2.75) is 4.90 Å². The Morgan fingerprint density at radius 1 is 1.30 bits per heavy atom. The summed E-state index contributed by atoms with van der Waals surface area (Å²) < 4.78 is 14.0. The number of amides is 1. The van der Waals surface area contributed by atoms with Crippen molar-refractivity contribution in [2.24, 2.45) is 0 Å². The number of thioether (sulfide) groups is 1. The van der Waals surface area contributed by atoms with Crippen molar-refractivity contribution in [3.8, 4) is 0 Å². The van der Waals surface area contributed by atoms with Crippen LogP contribution in [0.4, 0.5) is 10.1 Å². The summed E-state index contributed by atoms with van der Waals surface area (Å²) in [4.78, 5) is 12.6. The Morgan fingerprint density at radius 3 is 2.75 bits per heavy atom. The van der Waals surface area contributed by atoms with Gasteiger partial charge in [-0.1, -0.05) is 23.7 Å². The molecule has 6 heteroatoms. The van der Waals surface area contributed by atoms with Crippen molar-refractivity contribution >= 4 is 57.5 Å². The molecule has 104 valence electrons. The van der Waals surface area contributed by atoms with Gasteiger partial charge in [-0.2, -0.15) is 0 Å². The Balaban J connectivity index is 1.92. The maximum atomic E-state index is 13.0. The number of benzene rings is 2. The van der Waals surface area contributed by atoms with Gasteiger partial charge in [-0.3, -0.25) is 4.79 Å². The Morgan fingerprint density at radius 2 is 2.05 bits per heavy atom.